The lowest BCUT2D eigenvalue weighted by atomic mass is 9.96. The van der Waals surface area contributed by atoms with Gasteiger partial charge in [0.2, 0.25) is 5.95 Å². The zero-order valence-electron chi connectivity index (χ0n) is 17.0. The fourth-order valence-corrected chi connectivity index (χ4v) is 4.33. The normalized spacial score (nSPS) is 22.2. The van der Waals surface area contributed by atoms with Crippen molar-refractivity contribution in [2.75, 3.05) is 18.0 Å². The number of aryl methyl sites for hydroxylation is 1. The minimum atomic E-state index is 0.556. The summed E-state index contributed by atoms with van der Waals surface area (Å²) in [5.74, 6) is 2.33. The summed E-state index contributed by atoms with van der Waals surface area (Å²) in [6.45, 7) is 4.13. The number of hydrogen-bond acceptors (Lipinski definition) is 5. The number of rotatable bonds is 4. The number of anilines is 1. The highest BCUT2D eigenvalue weighted by Gasteiger charge is 2.20. The molecule has 1 saturated carbocycles. The van der Waals surface area contributed by atoms with Crippen LogP contribution in [0.1, 0.15) is 74.4 Å². The molecule has 0 N–H and O–H groups in total. The molecule has 0 aromatic carbocycles. The van der Waals surface area contributed by atoms with Crippen LogP contribution in [0.5, 0.6) is 0 Å². The Morgan fingerprint density at radius 2 is 1.82 bits per heavy atom. The van der Waals surface area contributed by atoms with Crippen LogP contribution in [0.3, 0.4) is 0 Å². The number of piperidine rings is 1. The van der Waals surface area contributed by atoms with Crippen molar-refractivity contribution < 1.29 is 0 Å². The Kier molecular flexibility index (Phi) is 6.30. The second-order valence-electron chi connectivity index (χ2n) is 8.16. The molecule has 148 valence electrons. The molecule has 2 aromatic heterocycles. The third-order valence-corrected chi connectivity index (χ3v) is 6.05. The zero-order chi connectivity index (χ0) is 19.2. The predicted molar refractivity (Wildman–Crippen MR) is 112 cm³/mol. The molecule has 3 heterocycles. The standard InChI is InChI=1S/C23H31N5/c1-18-25-16-20(17-26-18)9-8-19-6-5-7-21(11-10-19)22-12-13-24-23(27-22)28-14-3-2-4-15-28/h8,12-13,16-17,21H,2-7,9-11,14-15H2,1H3/b19-8-. The first kappa shape index (κ1) is 19.0. The van der Waals surface area contributed by atoms with E-state index in [0.29, 0.717) is 5.92 Å². The van der Waals surface area contributed by atoms with E-state index in [9.17, 15) is 0 Å². The summed E-state index contributed by atoms with van der Waals surface area (Å²) in [6, 6.07) is 2.14. The summed E-state index contributed by atoms with van der Waals surface area (Å²) in [7, 11) is 0. The van der Waals surface area contributed by atoms with Gasteiger partial charge in [0.25, 0.3) is 0 Å². The highest BCUT2D eigenvalue weighted by Crippen LogP contribution is 2.33. The Hall–Kier alpha value is -2.30. The first-order chi connectivity index (χ1) is 13.8. The van der Waals surface area contributed by atoms with Crippen LogP contribution in [0.4, 0.5) is 5.95 Å². The van der Waals surface area contributed by atoms with E-state index >= 15 is 0 Å². The van der Waals surface area contributed by atoms with E-state index in [1.165, 1.54) is 62.6 Å². The molecule has 1 aliphatic heterocycles. The molecule has 5 nitrogen and oxygen atoms in total. The Morgan fingerprint density at radius 3 is 2.64 bits per heavy atom. The number of allylic oxidation sites excluding steroid dienone is 2. The van der Waals surface area contributed by atoms with E-state index in [1.807, 2.05) is 25.5 Å². The molecule has 2 aromatic rings. The monoisotopic (exact) mass is 377 g/mol. The lowest BCUT2D eigenvalue weighted by Crippen LogP contribution is -2.31. The topological polar surface area (TPSA) is 54.8 Å². The molecule has 28 heavy (non-hydrogen) atoms. The molecule has 5 heteroatoms. The highest BCUT2D eigenvalue weighted by atomic mass is 15.2. The van der Waals surface area contributed by atoms with Gasteiger partial charge in [0.05, 0.1) is 0 Å². The van der Waals surface area contributed by atoms with Gasteiger partial charge in [-0.15, -0.1) is 0 Å². The molecular formula is C23H31N5. The molecule has 0 spiro atoms. The molecule has 4 rings (SSSR count). The van der Waals surface area contributed by atoms with Crippen molar-refractivity contribution in [3.8, 4) is 0 Å². The molecule has 1 unspecified atom stereocenters. The highest BCUT2D eigenvalue weighted by molar-refractivity contribution is 5.31. The van der Waals surface area contributed by atoms with Crippen LogP contribution in [0.25, 0.3) is 0 Å². The molecule has 2 aliphatic rings. The van der Waals surface area contributed by atoms with Crippen LogP contribution in [0.2, 0.25) is 0 Å². The molecule has 0 radical (unpaired) electrons. The van der Waals surface area contributed by atoms with Crippen molar-refractivity contribution in [3.63, 3.8) is 0 Å². The van der Waals surface area contributed by atoms with Crippen LogP contribution in [0, 0.1) is 6.92 Å². The van der Waals surface area contributed by atoms with Gasteiger partial charge < -0.3 is 4.90 Å². The molecule has 1 atom stereocenters. The van der Waals surface area contributed by atoms with E-state index in [0.717, 1.165) is 31.3 Å². The Labute approximate surface area is 168 Å². The van der Waals surface area contributed by atoms with E-state index in [1.54, 1.807) is 5.57 Å². The summed E-state index contributed by atoms with van der Waals surface area (Å²) >= 11 is 0. The average molecular weight is 378 g/mol. The smallest absolute Gasteiger partial charge is 0.225 e. The SMILES string of the molecule is Cc1ncc(C/C=C2/CCCC(c3ccnc(N4CCCCC4)n3)CC2)cn1. The summed E-state index contributed by atoms with van der Waals surface area (Å²) in [4.78, 5) is 20.5. The molecule has 2 fully saturated rings. The first-order valence-corrected chi connectivity index (χ1v) is 10.8. The van der Waals surface area contributed by atoms with Crippen LogP contribution in [-0.2, 0) is 6.42 Å². The third-order valence-electron chi connectivity index (χ3n) is 6.05. The van der Waals surface area contributed by atoms with Crippen LogP contribution in [0.15, 0.2) is 36.3 Å². The largest absolute Gasteiger partial charge is 0.341 e. The Morgan fingerprint density at radius 1 is 1.00 bits per heavy atom. The molecule has 1 aliphatic carbocycles. The van der Waals surface area contributed by atoms with Gasteiger partial charge >= 0.3 is 0 Å². The quantitative estimate of drug-likeness (QED) is 0.567. The van der Waals surface area contributed by atoms with Gasteiger partial charge in [-0.25, -0.2) is 19.9 Å². The van der Waals surface area contributed by atoms with Gasteiger partial charge in [-0.1, -0.05) is 11.6 Å². The maximum absolute atomic E-state index is 4.97. The number of nitrogens with zero attached hydrogens (tertiary/aromatic N) is 5. The molecule has 0 amide bonds. The fraction of sp³-hybridized carbons (Fsp3) is 0.565. The van der Waals surface area contributed by atoms with Crippen molar-refractivity contribution in [1.29, 1.82) is 0 Å². The number of aromatic nitrogens is 4. The van der Waals surface area contributed by atoms with E-state index in [-0.39, 0.29) is 0 Å². The van der Waals surface area contributed by atoms with Gasteiger partial charge in [0, 0.05) is 43.3 Å². The van der Waals surface area contributed by atoms with Crippen molar-refractivity contribution >= 4 is 5.95 Å². The summed E-state index contributed by atoms with van der Waals surface area (Å²) in [5, 5.41) is 0. The van der Waals surface area contributed by atoms with E-state index in [4.69, 9.17) is 4.98 Å². The predicted octanol–water partition coefficient (Wildman–Crippen LogP) is 4.78. The van der Waals surface area contributed by atoms with Crippen LogP contribution < -0.4 is 4.90 Å². The van der Waals surface area contributed by atoms with Gasteiger partial charge in [0.1, 0.15) is 5.82 Å². The lowest BCUT2D eigenvalue weighted by molar-refractivity contribution is 0.555. The summed E-state index contributed by atoms with van der Waals surface area (Å²) in [5.41, 5.74) is 4.01. The lowest BCUT2D eigenvalue weighted by Gasteiger charge is -2.27. The van der Waals surface area contributed by atoms with Crippen molar-refractivity contribution in [3.05, 3.63) is 53.4 Å². The fourth-order valence-electron chi connectivity index (χ4n) is 4.33. The summed E-state index contributed by atoms with van der Waals surface area (Å²) < 4.78 is 0. The minimum Gasteiger partial charge on any atom is -0.341 e. The van der Waals surface area contributed by atoms with E-state index in [2.05, 4.69) is 32.0 Å². The van der Waals surface area contributed by atoms with Gasteiger partial charge in [-0.2, -0.15) is 0 Å². The van der Waals surface area contributed by atoms with Gasteiger partial charge in [-0.3, -0.25) is 0 Å². The minimum absolute atomic E-state index is 0.556. The van der Waals surface area contributed by atoms with Crippen molar-refractivity contribution in [2.24, 2.45) is 0 Å². The zero-order valence-corrected chi connectivity index (χ0v) is 17.0. The molecule has 1 saturated heterocycles. The number of hydrogen-bond donors (Lipinski definition) is 0. The van der Waals surface area contributed by atoms with Gasteiger partial charge in [-0.05, 0) is 76.3 Å². The maximum atomic E-state index is 4.97. The van der Waals surface area contributed by atoms with Crippen molar-refractivity contribution in [2.45, 2.75) is 70.6 Å². The Bertz CT molecular complexity index is 793. The van der Waals surface area contributed by atoms with Crippen molar-refractivity contribution in [1.82, 2.24) is 19.9 Å². The van der Waals surface area contributed by atoms with E-state index < -0.39 is 0 Å². The Balaban J connectivity index is 1.38. The molecular weight excluding hydrogens is 346 g/mol. The van der Waals surface area contributed by atoms with Crippen LogP contribution in [-0.4, -0.2) is 33.0 Å². The average Bonchev–Trinajstić information content (AvgIpc) is 3.00. The van der Waals surface area contributed by atoms with Gasteiger partial charge in [0.15, 0.2) is 0 Å². The van der Waals surface area contributed by atoms with Crippen LogP contribution >= 0.6 is 0 Å². The third kappa shape index (κ3) is 4.94. The first-order valence-electron chi connectivity index (χ1n) is 10.8. The maximum Gasteiger partial charge on any atom is 0.225 e. The second-order valence-corrected chi connectivity index (χ2v) is 8.16. The summed E-state index contributed by atoms with van der Waals surface area (Å²) in [6.07, 6.45) is 19.1. The molecule has 0 bridgehead atoms. The second kappa shape index (κ2) is 9.26.